The second kappa shape index (κ2) is 8.16. The lowest BCUT2D eigenvalue weighted by molar-refractivity contribution is -0.118. The fourth-order valence-corrected chi connectivity index (χ4v) is 2.28. The molecule has 0 saturated carbocycles. The minimum Gasteiger partial charge on any atom is -0.355 e. The van der Waals surface area contributed by atoms with Crippen molar-refractivity contribution in [1.82, 2.24) is 10.6 Å². The first-order chi connectivity index (χ1) is 8.61. The maximum Gasteiger partial charge on any atom is 0.230 e. The zero-order valence-corrected chi connectivity index (χ0v) is 12.1. The topological polar surface area (TPSA) is 41.1 Å². The summed E-state index contributed by atoms with van der Waals surface area (Å²) in [6.07, 6.45) is 0. The van der Waals surface area contributed by atoms with E-state index >= 15 is 0 Å². The molecule has 0 aliphatic carbocycles. The van der Waals surface area contributed by atoms with E-state index in [4.69, 9.17) is 0 Å². The van der Waals surface area contributed by atoms with Crippen molar-refractivity contribution in [2.75, 3.05) is 19.3 Å². The molecule has 1 aromatic rings. The van der Waals surface area contributed by atoms with Gasteiger partial charge in [0.25, 0.3) is 0 Å². The summed E-state index contributed by atoms with van der Waals surface area (Å²) in [7, 11) is 1.93. The van der Waals surface area contributed by atoms with Gasteiger partial charge in [0, 0.05) is 18.0 Å². The molecule has 0 saturated heterocycles. The van der Waals surface area contributed by atoms with Crippen molar-refractivity contribution in [2.24, 2.45) is 5.92 Å². The van der Waals surface area contributed by atoms with Gasteiger partial charge >= 0.3 is 0 Å². The Labute approximate surface area is 114 Å². The molecular formula is C14H22N2OS. The molecule has 100 valence electrons. The van der Waals surface area contributed by atoms with Gasteiger partial charge in [0.05, 0.1) is 5.75 Å². The van der Waals surface area contributed by atoms with Gasteiger partial charge in [0.2, 0.25) is 5.91 Å². The van der Waals surface area contributed by atoms with Crippen molar-refractivity contribution in [3.8, 4) is 0 Å². The lowest BCUT2D eigenvalue weighted by Gasteiger charge is -2.08. The summed E-state index contributed by atoms with van der Waals surface area (Å²) in [5.74, 6) is 1.08. The average Bonchev–Trinajstić information content (AvgIpc) is 2.35. The van der Waals surface area contributed by atoms with Gasteiger partial charge in [-0.1, -0.05) is 26.0 Å². The van der Waals surface area contributed by atoms with Crippen LogP contribution in [0.5, 0.6) is 0 Å². The number of benzene rings is 1. The van der Waals surface area contributed by atoms with Crippen LogP contribution in [0.25, 0.3) is 0 Å². The van der Waals surface area contributed by atoms with Gasteiger partial charge in [0.1, 0.15) is 0 Å². The van der Waals surface area contributed by atoms with Crippen LogP contribution in [0.3, 0.4) is 0 Å². The molecule has 1 aromatic carbocycles. The van der Waals surface area contributed by atoms with Gasteiger partial charge in [-0.3, -0.25) is 4.79 Å². The molecule has 1 amide bonds. The van der Waals surface area contributed by atoms with Gasteiger partial charge in [0.15, 0.2) is 0 Å². The largest absolute Gasteiger partial charge is 0.355 e. The number of rotatable bonds is 7. The van der Waals surface area contributed by atoms with Crippen LogP contribution >= 0.6 is 11.8 Å². The second-order valence-electron chi connectivity index (χ2n) is 4.66. The highest BCUT2D eigenvalue weighted by Crippen LogP contribution is 2.18. The number of carbonyl (C=O) groups is 1. The Morgan fingerprint density at radius 2 is 2.17 bits per heavy atom. The van der Waals surface area contributed by atoms with Crippen molar-refractivity contribution < 1.29 is 4.79 Å². The molecule has 18 heavy (non-hydrogen) atoms. The number of thioether (sulfide) groups is 1. The van der Waals surface area contributed by atoms with Crippen molar-refractivity contribution in [2.45, 2.75) is 25.3 Å². The van der Waals surface area contributed by atoms with E-state index in [2.05, 4.69) is 36.6 Å². The molecule has 0 radical (unpaired) electrons. The SMILES string of the molecule is CNCc1cccc(SCC(=O)NCC(C)C)c1. The minimum atomic E-state index is 0.104. The lowest BCUT2D eigenvalue weighted by atomic mass is 10.2. The Morgan fingerprint density at radius 1 is 1.39 bits per heavy atom. The van der Waals surface area contributed by atoms with E-state index in [1.165, 1.54) is 5.56 Å². The summed E-state index contributed by atoms with van der Waals surface area (Å²) >= 11 is 1.58. The Kier molecular flexibility index (Phi) is 6.83. The van der Waals surface area contributed by atoms with Crippen LogP contribution < -0.4 is 10.6 Å². The number of hydrogen-bond donors (Lipinski definition) is 2. The number of nitrogens with one attached hydrogen (secondary N) is 2. The van der Waals surface area contributed by atoms with E-state index in [-0.39, 0.29) is 5.91 Å². The van der Waals surface area contributed by atoms with E-state index < -0.39 is 0 Å². The minimum absolute atomic E-state index is 0.104. The first-order valence-electron chi connectivity index (χ1n) is 6.25. The van der Waals surface area contributed by atoms with Crippen LogP contribution in [0, 0.1) is 5.92 Å². The molecule has 3 nitrogen and oxygen atoms in total. The number of hydrogen-bond acceptors (Lipinski definition) is 3. The molecule has 0 atom stereocenters. The highest BCUT2D eigenvalue weighted by molar-refractivity contribution is 8.00. The maximum atomic E-state index is 11.6. The average molecular weight is 266 g/mol. The van der Waals surface area contributed by atoms with Crippen molar-refractivity contribution in [3.63, 3.8) is 0 Å². The van der Waals surface area contributed by atoms with Crippen LogP contribution in [0.4, 0.5) is 0 Å². The van der Waals surface area contributed by atoms with Crippen LogP contribution in [-0.2, 0) is 11.3 Å². The Hall–Kier alpha value is -1.00. The van der Waals surface area contributed by atoms with Crippen LogP contribution in [0.15, 0.2) is 29.2 Å². The molecule has 4 heteroatoms. The molecule has 0 aliphatic heterocycles. The van der Waals surface area contributed by atoms with Crippen molar-refractivity contribution >= 4 is 17.7 Å². The first kappa shape index (κ1) is 15.1. The summed E-state index contributed by atoms with van der Waals surface area (Å²) in [5, 5.41) is 6.04. The quantitative estimate of drug-likeness (QED) is 0.744. The zero-order chi connectivity index (χ0) is 13.4. The van der Waals surface area contributed by atoms with Gasteiger partial charge in [-0.25, -0.2) is 0 Å². The highest BCUT2D eigenvalue weighted by Gasteiger charge is 2.04. The lowest BCUT2D eigenvalue weighted by Crippen LogP contribution is -2.28. The van der Waals surface area contributed by atoms with E-state index in [1.807, 2.05) is 19.2 Å². The van der Waals surface area contributed by atoms with Gasteiger partial charge < -0.3 is 10.6 Å². The third-order valence-electron chi connectivity index (χ3n) is 2.36. The Bertz CT molecular complexity index is 380. The fourth-order valence-electron chi connectivity index (χ4n) is 1.47. The van der Waals surface area contributed by atoms with E-state index in [1.54, 1.807) is 11.8 Å². The van der Waals surface area contributed by atoms with Gasteiger partial charge in [-0.05, 0) is 30.7 Å². The fraction of sp³-hybridized carbons (Fsp3) is 0.500. The second-order valence-corrected chi connectivity index (χ2v) is 5.71. The van der Waals surface area contributed by atoms with Gasteiger partial charge in [-0.15, -0.1) is 11.8 Å². The molecule has 0 bridgehead atoms. The molecule has 1 rings (SSSR count). The van der Waals surface area contributed by atoms with Crippen molar-refractivity contribution in [3.05, 3.63) is 29.8 Å². The highest BCUT2D eigenvalue weighted by atomic mass is 32.2. The molecule has 0 aromatic heterocycles. The first-order valence-corrected chi connectivity index (χ1v) is 7.23. The summed E-state index contributed by atoms with van der Waals surface area (Å²) in [4.78, 5) is 12.7. The smallest absolute Gasteiger partial charge is 0.230 e. The third kappa shape index (κ3) is 6.07. The van der Waals surface area contributed by atoms with Crippen LogP contribution in [-0.4, -0.2) is 25.3 Å². The predicted molar refractivity (Wildman–Crippen MR) is 77.8 cm³/mol. The molecule has 2 N–H and O–H groups in total. The summed E-state index contributed by atoms with van der Waals surface area (Å²) in [6, 6.07) is 8.27. The van der Waals surface area contributed by atoms with Crippen LogP contribution in [0.1, 0.15) is 19.4 Å². The van der Waals surface area contributed by atoms with Gasteiger partial charge in [-0.2, -0.15) is 0 Å². The van der Waals surface area contributed by atoms with E-state index in [0.717, 1.165) is 18.0 Å². The normalized spacial score (nSPS) is 10.7. The molecule has 0 unspecified atom stereocenters. The monoisotopic (exact) mass is 266 g/mol. The van der Waals surface area contributed by atoms with E-state index in [9.17, 15) is 4.79 Å². The van der Waals surface area contributed by atoms with Crippen molar-refractivity contribution in [1.29, 1.82) is 0 Å². The Balaban J connectivity index is 2.38. The predicted octanol–water partition coefficient (Wildman–Crippen LogP) is 2.27. The molecule has 0 fully saturated rings. The summed E-state index contributed by atoms with van der Waals surface area (Å²) in [6.45, 7) is 5.79. The zero-order valence-electron chi connectivity index (χ0n) is 11.3. The molecule has 0 aliphatic rings. The standard InChI is InChI=1S/C14H22N2OS/c1-11(2)8-16-14(17)10-18-13-6-4-5-12(7-13)9-15-3/h4-7,11,15H,8-10H2,1-3H3,(H,16,17). The van der Waals surface area contributed by atoms with Crippen LogP contribution in [0.2, 0.25) is 0 Å². The summed E-state index contributed by atoms with van der Waals surface area (Å²) < 4.78 is 0. The number of amides is 1. The Morgan fingerprint density at radius 3 is 2.83 bits per heavy atom. The molecular weight excluding hydrogens is 244 g/mol. The number of carbonyl (C=O) groups excluding carboxylic acids is 1. The third-order valence-corrected chi connectivity index (χ3v) is 3.35. The van der Waals surface area contributed by atoms with E-state index in [0.29, 0.717) is 11.7 Å². The maximum absolute atomic E-state index is 11.6. The molecule has 0 spiro atoms. The molecule has 0 heterocycles. The summed E-state index contributed by atoms with van der Waals surface area (Å²) in [5.41, 5.74) is 1.24.